The summed E-state index contributed by atoms with van der Waals surface area (Å²) in [5.41, 5.74) is 0.947. The number of hydrogen-bond acceptors (Lipinski definition) is 5. The Hall–Kier alpha value is -1.14. The van der Waals surface area contributed by atoms with Crippen molar-refractivity contribution in [2.24, 2.45) is 0 Å². The lowest BCUT2D eigenvalue weighted by molar-refractivity contribution is 0.0923. The van der Waals surface area contributed by atoms with E-state index in [-0.39, 0.29) is 6.61 Å². The minimum Gasteiger partial charge on any atom is -0.494 e. The number of rotatable bonds is 8. The minimum absolute atomic E-state index is 0.233. The minimum atomic E-state index is -0.425. The van der Waals surface area contributed by atoms with Gasteiger partial charge in [0.1, 0.15) is 5.75 Å². The van der Waals surface area contributed by atoms with E-state index < -0.39 is 6.10 Å². The number of hydrogen-bond donors (Lipinski definition) is 2. The molecule has 0 aromatic heterocycles. The second-order valence-corrected chi connectivity index (χ2v) is 5.71. The molecule has 0 amide bonds. The van der Waals surface area contributed by atoms with Gasteiger partial charge in [0.15, 0.2) is 0 Å². The molecule has 1 aromatic carbocycles. The first-order valence-corrected chi connectivity index (χ1v) is 8.19. The van der Waals surface area contributed by atoms with E-state index in [0.717, 1.165) is 57.0 Å². The molecule has 2 N–H and O–H groups in total. The molecule has 124 valence electrons. The van der Waals surface area contributed by atoms with E-state index in [0.29, 0.717) is 6.61 Å². The predicted octanol–water partition coefficient (Wildman–Crippen LogP) is 1.12. The molecule has 0 spiro atoms. The van der Waals surface area contributed by atoms with Crippen molar-refractivity contribution in [2.45, 2.75) is 19.4 Å². The van der Waals surface area contributed by atoms with E-state index in [1.807, 2.05) is 31.2 Å². The molecule has 1 fully saturated rings. The summed E-state index contributed by atoms with van der Waals surface area (Å²) in [6.07, 6.45) is 0.319. The predicted molar refractivity (Wildman–Crippen MR) is 87.2 cm³/mol. The van der Waals surface area contributed by atoms with E-state index in [2.05, 4.69) is 9.80 Å². The van der Waals surface area contributed by atoms with Gasteiger partial charge < -0.3 is 19.8 Å². The van der Waals surface area contributed by atoms with Crippen molar-refractivity contribution in [3.05, 3.63) is 29.8 Å². The van der Waals surface area contributed by atoms with E-state index in [9.17, 15) is 5.11 Å². The quantitative estimate of drug-likeness (QED) is 0.754. The highest BCUT2D eigenvalue weighted by Gasteiger charge is 2.17. The van der Waals surface area contributed by atoms with E-state index in [1.54, 1.807) is 0 Å². The van der Waals surface area contributed by atoms with Gasteiger partial charge in [-0.25, -0.2) is 0 Å². The summed E-state index contributed by atoms with van der Waals surface area (Å²) in [4.78, 5) is 4.66. The zero-order valence-electron chi connectivity index (χ0n) is 13.4. The van der Waals surface area contributed by atoms with Crippen molar-refractivity contribution in [2.75, 3.05) is 52.5 Å². The van der Waals surface area contributed by atoms with Gasteiger partial charge in [-0.3, -0.25) is 4.90 Å². The van der Waals surface area contributed by atoms with Gasteiger partial charge >= 0.3 is 0 Å². The molecule has 0 radical (unpaired) electrons. The van der Waals surface area contributed by atoms with Crippen LogP contribution in [-0.4, -0.2) is 72.5 Å². The van der Waals surface area contributed by atoms with Crippen molar-refractivity contribution >= 4 is 0 Å². The van der Waals surface area contributed by atoms with Gasteiger partial charge in [0, 0.05) is 39.3 Å². The monoisotopic (exact) mass is 308 g/mol. The number of ether oxygens (including phenoxy) is 1. The van der Waals surface area contributed by atoms with Crippen molar-refractivity contribution in [3.8, 4) is 5.75 Å². The Morgan fingerprint density at radius 2 is 1.64 bits per heavy atom. The molecule has 1 saturated heterocycles. The standard InChI is InChI=1S/C17H28N2O3/c1-2-22-16-5-3-15(4-6-16)17(21)7-8-18-9-11-19(12-10-18)13-14-20/h3-6,17,20-21H,2,7-14H2,1H3. The highest BCUT2D eigenvalue weighted by Crippen LogP contribution is 2.20. The topological polar surface area (TPSA) is 56.2 Å². The first kappa shape index (κ1) is 17.2. The average Bonchev–Trinajstić information content (AvgIpc) is 2.55. The maximum atomic E-state index is 10.3. The molecule has 1 aromatic rings. The molecule has 1 aliphatic heterocycles. The lowest BCUT2D eigenvalue weighted by Crippen LogP contribution is -2.47. The Labute approximate surface area is 133 Å². The van der Waals surface area contributed by atoms with Gasteiger partial charge in [-0.05, 0) is 31.0 Å². The second kappa shape index (κ2) is 9.10. The van der Waals surface area contributed by atoms with Crippen LogP contribution < -0.4 is 4.74 Å². The molecule has 22 heavy (non-hydrogen) atoms. The average molecular weight is 308 g/mol. The summed E-state index contributed by atoms with van der Waals surface area (Å²) in [7, 11) is 0. The van der Waals surface area contributed by atoms with E-state index in [4.69, 9.17) is 9.84 Å². The van der Waals surface area contributed by atoms with Crippen LogP contribution in [0.2, 0.25) is 0 Å². The second-order valence-electron chi connectivity index (χ2n) is 5.71. The Morgan fingerprint density at radius 3 is 2.18 bits per heavy atom. The van der Waals surface area contributed by atoms with Crippen LogP contribution in [0.15, 0.2) is 24.3 Å². The lowest BCUT2D eigenvalue weighted by Gasteiger charge is -2.34. The lowest BCUT2D eigenvalue weighted by atomic mass is 10.1. The smallest absolute Gasteiger partial charge is 0.119 e. The number of benzene rings is 1. The van der Waals surface area contributed by atoms with E-state index in [1.165, 1.54) is 0 Å². The van der Waals surface area contributed by atoms with Gasteiger partial charge in [0.25, 0.3) is 0 Å². The van der Waals surface area contributed by atoms with Crippen molar-refractivity contribution in [1.29, 1.82) is 0 Å². The Morgan fingerprint density at radius 1 is 1.05 bits per heavy atom. The Balaban J connectivity index is 1.72. The van der Waals surface area contributed by atoms with Crippen LogP contribution in [0.1, 0.15) is 25.0 Å². The third-order valence-corrected chi connectivity index (χ3v) is 4.18. The Bertz CT molecular complexity index is 416. The maximum Gasteiger partial charge on any atom is 0.119 e. The van der Waals surface area contributed by atoms with Crippen molar-refractivity contribution < 1.29 is 14.9 Å². The maximum absolute atomic E-state index is 10.3. The van der Waals surface area contributed by atoms with Crippen LogP contribution in [-0.2, 0) is 0 Å². The molecule has 0 bridgehead atoms. The summed E-state index contributed by atoms with van der Waals surface area (Å²) in [6, 6.07) is 7.70. The van der Waals surface area contributed by atoms with Gasteiger partial charge in [-0.2, -0.15) is 0 Å². The van der Waals surface area contributed by atoms with Crippen LogP contribution in [0.25, 0.3) is 0 Å². The van der Waals surface area contributed by atoms with Gasteiger partial charge in [0.05, 0.1) is 19.3 Å². The fourth-order valence-corrected chi connectivity index (χ4v) is 2.80. The fourth-order valence-electron chi connectivity index (χ4n) is 2.80. The van der Waals surface area contributed by atoms with Crippen LogP contribution >= 0.6 is 0 Å². The number of aliphatic hydroxyl groups is 2. The third kappa shape index (κ3) is 5.25. The summed E-state index contributed by atoms with van der Waals surface area (Å²) < 4.78 is 5.41. The van der Waals surface area contributed by atoms with Crippen LogP contribution in [0.5, 0.6) is 5.75 Å². The first-order valence-electron chi connectivity index (χ1n) is 8.19. The highest BCUT2D eigenvalue weighted by molar-refractivity contribution is 5.28. The zero-order chi connectivity index (χ0) is 15.8. The molecule has 1 heterocycles. The zero-order valence-corrected chi connectivity index (χ0v) is 13.4. The summed E-state index contributed by atoms with van der Waals surface area (Å²) in [5, 5.41) is 19.2. The normalized spacial score (nSPS) is 18.3. The molecule has 5 heteroatoms. The first-order chi connectivity index (χ1) is 10.7. The van der Waals surface area contributed by atoms with Crippen LogP contribution in [0.4, 0.5) is 0 Å². The third-order valence-electron chi connectivity index (χ3n) is 4.18. The Kier molecular flexibility index (Phi) is 7.12. The largest absolute Gasteiger partial charge is 0.494 e. The molecular weight excluding hydrogens is 280 g/mol. The van der Waals surface area contributed by atoms with Gasteiger partial charge in [-0.1, -0.05) is 12.1 Å². The molecule has 1 aliphatic rings. The highest BCUT2D eigenvalue weighted by atomic mass is 16.5. The molecule has 1 unspecified atom stereocenters. The number of piperazine rings is 1. The molecule has 2 rings (SSSR count). The molecule has 5 nitrogen and oxygen atoms in total. The molecule has 0 saturated carbocycles. The molecule has 1 atom stereocenters. The SMILES string of the molecule is CCOc1ccc(C(O)CCN2CCN(CCO)CC2)cc1. The number of aliphatic hydroxyl groups excluding tert-OH is 2. The fraction of sp³-hybridized carbons (Fsp3) is 0.647. The van der Waals surface area contributed by atoms with Crippen molar-refractivity contribution in [3.63, 3.8) is 0 Å². The summed E-state index contributed by atoms with van der Waals surface area (Å²) >= 11 is 0. The van der Waals surface area contributed by atoms with Crippen LogP contribution in [0, 0.1) is 0 Å². The number of nitrogens with zero attached hydrogens (tertiary/aromatic N) is 2. The summed E-state index contributed by atoms with van der Waals surface area (Å²) in [6.45, 7) is 8.54. The van der Waals surface area contributed by atoms with Crippen LogP contribution in [0.3, 0.4) is 0 Å². The van der Waals surface area contributed by atoms with Crippen molar-refractivity contribution in [1.82, 2.24) is 9.80 Å². The molecular formula is C17H28N2O3. The molecule has 0 aliphatic carbocycles. The van der Waals surface area contributed by atoms with Gasteiger partial charge in [-0.15, -0.1) is 0 Å². The number of β-amino-alcohol motifs (C(OH)–C–C–N with tert-alkyl or cyclic N) is 1. The van der Waals surface area contributed by atoms with E-state index >= 15 is 0 Å². The summed E-state index contributed by atoms with van der Waals surface area (Å²) in [5.74, 6) is 0.846. The van der Waals surface area contributed by atoms with Gasteiger partial charge in [0.2, 0.25) is 0 Å².